The summed E-state index contributed by atoms with van der Waals surface area (Å²) in [5, 5.41) is 0. The third-order valence-corrected chi connectivity index (χ3v) is 0.772. The molecular formula is C5H7. The molecule has 1 radical (unpaired) electrons. The molecule has 0 bridgehead atoms. The molecule has 0 aliphatic heterocycles. The highest BCUT2D eigenvalue weighted by atomic mass is 13.9. The van der Waals surface area contributed by atoms with E-state index in [0.29, 0.717) is 0 Å². The van der Waals surface area contributed by atoms with E-state index in [0.717, 1.165) is 0 Å². The predicted molar refractivity (Wildman–Crippen MR) is 22.7 cm³/mol. The quantitative estimate of drug-likeness (QED) is 0.403. The summed E-state index contributed by atoms with van der Waals surface area (Å²) < 4.78 is 0. The summed E-state index contributed by atoms with van der Waals surface area (Å²) in [6.07, 6.45) is 9.00. The molecule has 0 aromatic heterocycles. The van der Waals surface area contributed by atoms with E-state index in [1.165, 1.54) is 12.8 Å². The molecule has 1 aliphatic carbocycles. The summed E-state index contributed by atoms with van der Waals surface area (Å²) in [6, 6.07) is 0. The van der Waals surface area contributed by atoms with Gasteiger partial charge in [-0.05, 0) is 19.3 Å². The van der Waals surface area contributed by atoms with E-state index in [9.17, 15) is 0 Å². The molecule has 0 unspecified atom stereocenters. The fourth-order valence-corrected chi connectivity index (χ4v) is 0.481. The molecule has 0 aromatic carbocycles. The molecule has 0 nitrogen and oxygen atoms in total. The van der Waals surface area contributed by atoms with E-state index in [2.05, 4.69) is 18.6 Å². The molecular weight excluding hydrogens is 60.1 g/mol. The summed E-state index contributed by atoms with van der Waals surface area (Å²) in [5.41, 5.74) is 0. The van der Waals surface area contributed by atoms with Gasteiger partial charge in [-0.3, -0.25) is 0 Å². The Kier molecular flexibility index (Phi) is 0.738. The normalized spacial score (nSPS) is 20.8. The van der Waals surface area contributed by atoms with Crippen LogP contribution in [0, 0.1) is 6.42 Å². The lowest BCUT2D eigenvalue weighted by Gasteiger charge is -1.68. The third-order valence-electron chi connectivity index (χ3n) is 0.772. The summed E-state index contributed by atoms with van der Waals surface area (Å²) in [4.78, 5) is 0. The molecule has 0 N–H and O–H groups in total. The van der Waals surface area contributed by atoms with Gasteiger partial charge in [-0.2, -0.15) is 0 Å². The molecule has 0 aromatic rings. The van der Waals surface area contributed by atoms with Gasteiger partial charge in [0.1, 0.15) is 0 Å². The van der Waals surface area contributed by atoms with Gasteiger partial charge in [0.15, 0.2) is 0 Å². The van der Waals surface area contributed by atoms with E-state index in [4.69, 9.17) is 0 Å². The molecule has 0 spiro atoms. The Bertz CT molecular complexity index is 38.0. The molecule has 0 saturated heterocycles. The van der Waals surface area contributed by atoms with Gasteiger partial charge in [0.05, 0.1) is 0 Å². The van der Waals surface area contributed by atoms with Crippen molar-refractivity contribution in [2.24, 2.45) is 0 Å². The maximum atomic E-state index is 2.18. The van der Waals surface area contributed by atoms with Crippen LogP contribution in [0.2, 0.25) is 0 Å². The number of hydrogen-bond donors (Lipinski definition) is 0. The highest BCUT2D eigenvalue weighted by molar-refractivity contribution is 5.01. The van der Waals surface area contributed by atoms with Gasteiger partial charge in [0, 0.05) is 0 Å². The maximum Gasteiger partial charge on any atom is -0.0167 e. The van der Waals surface area contributed by atoms with Crippen LogP contribution in [0.3, 0.4) is 0 Å². The minimum atomic E-state index is 1.26. The average molecular weight is 67.1 g/mol. The van der Waals surface area contributed by atoms with E-state index in [-0.39, 0.29) is 0 Å². The fraction of sp³-hybridized carbons (Fsp3) is 0.400. The van der Waals surface area contributed by atoms with Crippen LogP contribution >= 0.6 is 0 Å². The van der Waals surface area contributed by atoms with Crippen molar-refractivity contribution in [3.63, 3.8) is 0 Å². The van der Waals surface area contributed by atoms with Gasteiger partial charge in [-0.15, -0.1) is 0 Å². The van der Waals surface area contributed by atoms with E-state index in [1.54, 1.807) is 0 Å². The molecule has 1 rings (SSSR count). The van der Waals surface area contributed by atoms with Crippen molar-refractivity contribution in [2.45, 2.75) is 12.8 Å². The van der Waals surface area contributed by atoms with Crippen molar-refractivity contribution in [3.05, 3.63) is 18.6 Å². The first-order chi connectivity index (χ1) is 2.50. The highest BCUT2D eigenvalue weighted by Gasteiger charge is 1.85. The molecule has 0 heteroatoms. The second-order valence-electron chi connectivity index (χ2n) is 1.24. The highest BCUT2D eigenvalue weighted by Crippen LogP contribution is 2.03. The van der Waals surface area contributed by atoms with Crippen molar-refractivity contribution in [2.75, 3.05) is 0 Å². The van der Waals surface area contributed by atoms with E-state index >= 15 is 0 Å². The molecule has 5 heavy (non-hydrogen) atoms. The Labute approximate surface area is 32.5 Å². The molecule has 1 aliphatic rings. The van der Waals surface area contributed by atoms with Crippen LogP contribution in [0.25, 0.3) is 0 Å². The Morgan fingerprint density at radius 3 is 2.40 bits per heavy atom. The standard InChI is InChI=1S/C5H7/c1-2-4-5-3-1/h1-3H,4-5H2. The largest absolute Gasteiger partial charge is 0.0882 e. The summed E-state index contributed by atoms with van der Waals surface area (Å²) in [6.45, 7) is 0. The maximum absolute atomic E-state index is 2.18. The van der Waals surface area contributed by atoms with Crippen LogP contribution in [0.4, 0.5) is 0 Å². The van der Waals surface area contributed by atoms with Crippen LogP contribution in [0.5, 0.6) is 0 Å². The molecule has 0 atom stereocenters. The lowest BCUT2D eigenvalue weighted by atomic mass is 10.4. The van der Waals surface area contributed by atoms with Gasteiger partial charge >= 0.3 is 0 Å². The summed E-state index contributed by atoms with van der Waals surface area (Å²) in [5.74, 6) is 0. The number of hydrogen-bond acceptors (Lipinski definition) is 0. The Balaban J connectivity index is 2.32. The van der Waals surface area contributed by atoms with Gasteiger partial charge in [0.2, 0.25) is 0 Å². The van der Waals surface area contributed by atoms with Crippen molar-refractivity contribution in [1.82, 2.24) is 0 Å². The van der Waals surface area contributed by atoms with Crippen LogP contribution in [-0.4, -0.2) is 0 Å². The van der Waals surface area contributed by atoms with E-state index in [1.807, 2.05) is 0 Å². The second kappa shape index (κ2) is 1.25. The zero-order valence-electron chi connectivity index (χ0n) is 3.15. The van der Waals surface area contributed by atoms with Crippen LogP contribution < -0.4 is 0 Å². The zero-order chi connectivity index (χ0) is 3.54. The van der Waals surface area contributed by atoms with Crippen molar-refractivity contribution < 1.29 is 0 Å². The van der Waals surface area contributed by atoms with Gasteiger partial charge in [-0.25, -0.2) is 0 Å². The first kappa shape index (κ1) is 2.95. The molecule has 27 valence electrons. The average Bonchev–Trinajstić information content (AvgIpc) is 1.76. The molecule has 0 fully saturated rings. The van der Waals surface area contributed by atoms with Crippen molar-refractivity contribution in [1.29, 1.82) is 0 Å². The van der Waals surface area contributed by atoms with E-state index < -0.39 is 0 Å². The number of allylic oxidation sites excluding steroid dienone is 2. The Morgan fingerprint density at radius 1 is 1.20 bits per heavy atom. The monoisotopic (exact) mass is 67.1 g/mol. The molecule has 0 heterocycles. The SMILES string of the molecule is [CH]1C=CCC1. The van der Waals surface area contributed by atoms with Gasteiger partial charge in [-0.1, -0.05) is 12.2 Å². The van der Waals surface area contributed by atoms with Crippen LogP contribution in [-0.2, 0) is 0 Å². The lowest BCUT2D eigenvalue weighted by molar-refractivity contribution is 1.06. The minimum Gasteiger partial charge on any atom is -0.0882 e. The zero-order valence-corrected chi connectivity index (χ0v) is 3.15. The second-order valence-corrected chi connectivity index (χ2v) is 1.24. The Morgan fingerprint density at radius 2 is 2.20 bits per heavy atom. The first-order valence-corrected chi connectivity index (χ1v) is 1.98. The predicted octanol–water partition coefficient (Wildman–Crippen LogP) is 1.54. The third kappa shape index (κ3) is 0.504. The smallest absolute Gasteiger partial charge is 0.0167 e. The topological polar surface area (TPSA) is 0 Å². The Hall–Kier alpha value is -0.260. The summed E-state index contributed by atoms with van der Waals surface area (Å²) in [7, 11) is 0. The van der Waals surface area contributed by atoms with Crippen LogP contribution in [0.15, 0.2) is 12.2 Å². The van der Waals surface area contributed by atoms with Crippen LogP contribution in [0.1, 0.15) is 12.8 Å². The van der Waals surface area contributed by atoms with Crippen molar-refractivity contribution in [3.8, 4) is 0 Å². The fourth-order valence-electron chi connectivity index (χ4n) is 0.481. The van der Waals surface area contributed by atoms with Gasteiger partial charge in [0.25, 0.3) is 0 Å². The van der Waals surface area contributed by atoms with Gasteiger partial charge < -0.3 is 0 Å². The lowest BCUT2D eigenvalue weighted by Crippen LogP contribution is -1.51. The van der Waals surface area contributed by atoms with Crippen molar-refractivity contribution >= 4 is 0 Å². The summed E-state index contributed by atoms with van der Waals surface area (Å²) >= 11 is 0. The first-order valence-electron chi connectivity index (χ1n) is 1.98. The molecule has 0 amide bonds. The molecule has 0 saturated carbocycles. The minimum absolute atomic E-state index is 1.26. The number of rotatable bonds is 0.